The van der Waals surface area contributed by atoms with Crippen LogP contribution >= 0.6 is 0 Å². The van der Waals surface area contributed by atoms with Crippen molar-refractivity contribution in [2.45, 2.75) is 32.1 Å². The lowest BCUT2D eigenvalue weighted by molar-refractivity contribution is -0.151. The molecule has 1 aromatic heterocycles. The van der Waals surface area contributed by atoms with E-state index in [1.165, 1.54) is 17.7 Å². The van der Waals surface area contributed by atoms with Crippen molar-refractivity contribution in [1.29, 1.82) is 0 Å². The first-order chi connectivity index (χ1) is 9.73. The van der Waals surface area contributed by atoms with Crippen LogP contribution in [0.3, 0.4) is 0 Å². The number of hydrogen-bond acceptors (Lipinski definition) is 5. The number of hydrogen-bond donors (Lipinski definition) is 1. The van der Waals surface area contributed by atoms with Gasteiger partial charge in [0.25, 0.3) is 5.56 Å². The molecule has 0 amide bonds. The van der Waals surface area contributed by atoms with Crippen LogP contribution in [0.2, 0.25) is 0 Å². The van der Waals surface area contributed by atoms with Gasteiger partial charge in [0.1, 0.15) is 0 Å². The van der Waals surface area contributed by atoms with Crippen molar-refractivity contribution in [2.75, 3.05) is 19.7 Å². The largest absolute Gasteiger partial charge is 0.394 e. The van der Waals surface area contributed by atoms with E-state index in [0.29, 0.717) is 25.3 Å². The average Bonchev–Trinajstić information content (AvgIpc) is 2.40. The van der Waals surface area contributed by atoms with Gasteiger partial charge in [0.15, 0.2) is 0 Å². The predicted octanol–water partition coefficient (Wildman–Crippen LogP) is -0.944. The van der Waals surface area contributed by atoms with Crippen molar-refractivity contribution in [3.8, 4) is 0 Å². The molecule has 2 heterocycles. The second kappa shape index (κ2) is 5.75. The van der Waals surface area contributed by atoms with Crippen LogP contribution in [0.4, 0.5) is 0 Å². The fraction of sp³-hybridized carbons (Fsp3) is 0.714. The Morgan fingerprint density at radius 1 is 1.33 bits per heavy atom. The summed E-state index contributed by atoms with van der Waals surface area (Å²) in [6, 6.07) is 1.48. The number of nitrogens with zero attached hydrogens (tertiary/aromatic N) is 3. The summed E-state index contributed by atoms with van der Waals surface area (Å²) in [5, 5.41) is 9.33. The molecule has 0 aliphatic carbocycles. The molecular formula is C14H23N3O4. The molecule has 7 nitrogen and oxygen atoms in total. The van der Waals surface area contributed by atoms with Crippen molar-refractivity contribution >= 4 is 0 Å². The molecule has 118 valence electrons. The van der Waals surface area contributed by atoms with E-state index >= 15 is 0 Å². The smallest absolute Gasteiger partial charge is 0.330 e. The van der Waals surface area contributed by atoms with Crippen LogP contribution in [0.1, 0.15) is 19.5 Å². The van der Waals surface area contributed by atoms with Gasteiger partial charge in [0, 0.05) is 45.5 Å². The highest BCUT2D eigenvalue weighted by atomic mass is 16.5. The molecule has 1 atom stereocenters. The maximum absolute atomic E-state index is 11.9. The highest BCUT2D eigenvalue weighted by Crippen LogP contribution is 2.21. The lowest BCUT2D eigenvalue weighted by atomic mass is 10.1. The highest BCUT2D eigenvalue weighted by Gasteiger charge is 2.33. The lowest BCUT2D eigenvalue weighted by Gasteiger charge is -2.42. The fourth-order valence-electron chi connectivity index (χ4n) is 2.79. The van der Waals surface area contributed by atoms with Crippen LogP contribution < -0.4 is 11.2 Å². The van der Waals surface area contributed by atoms with Crippen LogP contribution in [-0.4, -0.2) is 50.5 Å². The Morgan fingerprint density at radius 2 is 2.00 bits per heavy atom. The van der Waals surface area contributed by atoms with Crippen molar-refractivity contribution in [1.82, 2.24) is 14.0 Å². The van der Waals surface area contributed by atoms with Gasteiger partial charge in [-0.05, 0) is 13.8 Å². The number of aliphatic hydroxyl groups is 1. The van der Waals surface area contributed by atoms with Crippen molar-refractivity contribution in [3.63, 3.8) is 0 Å². The van der Waals surface area contributed by atoms with Crippen LogP contribution in [0, 0.1) is 0 Å². The molecule has 7 heteroatoms. The van der Waals surface area contributed by atoms with Crippen molar-refractivity contribution < 1.29 is 9.84 Å². The molecule has 0 saturated carbocycles. The average molecular weight is 297 g/mol. The normalized spacial score (nSPS) is 22.4. The van der Waals surface area contributed by atoms with Crippen LogP contribution in [-0.2, 0) is 25.4 Å². The van der Waals surface area contributed by atoms with E-state index in [0.717, 1.165) is 4.57 Å². The third-order valence-electron chi connectivity index (χ3n) is 3.77. The summed E-state index contributed by atoms with van der Waals surface area (Å²) < 4.78 is 8.33. The Balaban J connectivity index is 2.26. The summed E-state index contributed by atoms with van der Waals surface area (Å²) in [5.74, 6) is 0. The van der Waals surface area contributed by atoms with Gasteiger partial charge < -0.3 is 9.84 Å². The molecule has 2 rings (SSSR count). The van der Waals surface area contributed by atoms with E-state index in [1.54, 1.807) is 7.05 Å². The first-order valence-electron chi connectivity index (χ1n) is 7.00. The minimum absolute atomic E-state index is 0.0462. The van der Waals surface area contributed by atoms with E-state index in [9.17, 15) is 14.7 Å². The lowest BCUT2D eigenvalue weighted by Crippen LogP contribution is -2.53. The summed E-state index contributed by atoms with van der Waals surface area (Å²) in [6.45, 7) is 5.60. The summed E-state index contributed by atoms with van der Waals surface area (Å²) in [6.07, 6.45) is -0.252. The SMILES string of the molecule is Cn1c(CN2CC(CO)OC(C)(C)C2)cc(=O)n(C)c1=O. The molecule has 0 radical (unpaired) electrons. The second-order valence-electron chi connectivity index (χ2n) is 6.23. The molecule has 1 aliphatic heterocycles. The van der Waals surface area contributed by atoms with Gasteiger partial charge in [-0.15, -0.1) is 0 Å². The Hall–Kier alpha value is -1.44. The quantitative estimate of drug-likeness (QED) is 0.779. The van der Waals surface area contributed by atoms with Crippen LogP contribution in [0.25, 0.3) is 0 Å². The number of aromatic nitrogens is 2. The van der Waals surface area contributed by atoms with Crippen molar-refractivity contribution in [3.05, 3.63) is 32.6 Å². The highest BCUT2D eigenvalue weighted by molar-refractivity contribution is 5.03. The topological polar surface area (TPSA) is 76.7 Å². The maximum atomic E-state index is 11.9. The standard InChI is InChI=1S/C14H23N3O4/c1-14(2)9-17(7-11(8-18)21-14)6-10-5-12(19)16(4)13(20)15(10)3/h5,11,18H,6-9H2,1-4H3. The van der Waals surface area contributed by atoms with E-state index < -0.39 is 0 Å². The summed E-state index contributed by atoms with van der Waals surface area (Å²) >= 11 is 0. The summed E-state index contributed by atoms with van der Waals surface area (Å²) in [7, 11) is 3.13. The molecule has 1 unspecified atom stereocenters. The van der Waals surface area contributed by atoms with E-state index in [1.807, 2.05) is 13.8 Å². The predicted molar refractivity (Wildman–Crippen MR) is 78.2 cm³/mol. The zero-order valence-corrected chi connectivity index (χ0v) is 13.0. The molecule has 0 bridgehead atoms. The van der Waals surface area contributed by atoms with Gasteiger partial charge in [-0.2, -0.15) is 0 Å². The molecular weight excluding hydrogens is 274 g/mol. The first kappa shape index (κ1) is 15.9. The molecule has 1 fully saturated rings. The van der Waals surface area contributed by atoms with Gasteiger partial charge in [0.05, 0.1) is 18.3 Å². The third-order valence-corrected chi connectivity index (χ3v) is 3.77. The monoisotopic (exact) mass is 297 g/mol. The van der Waals surface area contributed by atoms with Gasteiger partial charge in [0.2, 0.25) is 0 Å². The minimum Gasteiger partial charge on any atom is -0.394 e. The Morgan fingerprint density at radius 3 is 2.62 bits per heavy atom. The number of aliphatic hydroxyl groups excluding tert-OH is 1. The molecule has 21 heavy (non-hydrogen) atoms. The van der Waals surface area contributed by atoms with Crippen LogP contribution in [0.5, 0.6) is 0 Å². The van der Waals surface area contributed by atoms with Gasteiger partial charge in [-0.1, -0.05) is 0 Å². The van der Waals surface area contributed by atoms with Crippen molar-refractivity contribution in [2.24, 2.45) is 14.1 Å². The Kier molecular flexibility index (Phi) is 4.36. The summed E-state index contributed by atoms with van der Waals surface area (Å²) in [4.78, 5) is 25.8. The Bertz CT molecular complexity index is 632. The second-order valence-corrected chi connectivity index (χ2v) is 6.23. The fourth-order valence-corrected chi connectivity index (χ4v) is 2.79. The van der Waals surface area contributed by atoms with Gasteiger partial charge in [-0.3, -0.25) is 18.8 Å². The molecule has 1 aromatic rings. The minimum atomic E-state index is -0.371. The number of ether oxygens (including phenoxy) is 1. The van der Waals surface area contributed by atoms with E-state index in [-0.39, 0.29) is 29.6 Å². The Labute approximate surface area is 123 Å². The molecule has 1 saturated heterocycles. The van der Waals surface area contributed by atoms with E-state index in [2.05, 4.69) is 4.90 Å². The van der Waals surface area contributed by atoms with Crippen LogP contribution in [0.15, 0.2) is 15.7 Å². The molecule has 1 N–H and O–H groups in total. The molecule has 0 aromatic carbocycles. The third kappa shape index (κ3) is 3.42. The summed E-state index contributed by atoms with van der Waals surface area (Å²) in [5.41, 5.74) is -0.342. The maximum Gasteiger partial charge on any atom is 0.330 e. The van der Waals surface area contributed by atoms with Gasteiger partial charge >= 0.3 is 5.69 Å². The zero-order valence-electron chi connectivity index (χ0n) is 13.0. The van der Waals surface area contributed by atoms with Gasteiger partial charge in [-0.25, -0.2) is 4.79 Å². The number of rotatable bonds is 3. The zero-order chi connectivity index (χ0) is 15.8. The van der Waals surface area contributed by atoms with E-state index in [4.69, 9.17) is 4.74 Å². The molecule has 1 aliphatic rings. The first-order valence-corrected chi connectivity index (χ1v) is 7.00. The molecule has 0 spiro atoms. The number of morpholine rings is 1.